The molecule has 2 aliphatic heterocycles. The number of benzene rings is 1. The first-order chi connectivity index (χ1) is 16.8. The van der Waals surface area contributed by atoms with Crippen LogP contribution in [0.4, 0.5) is 36.1 Å². The van der Waals surface area contributed by atoms with Crippen LogP contribution < -0.4 is 15.1 Å². The minimum atomic E-state index is -4.29. The van der Waals surface area contributed by atoms with E-state index in [-0.39, 0.29) is 18.9 Å². The molecule has 1 aromatic heterocycles. The Morgan fingerprint density at radius 2 is 2.00 bits per heavy atom. The van der Waals surface area contributed by atoms with E-state index >= 15 is 0 Å². The molecule has 2 fully saturated rings. The van der Waals surface area contributed by atoms with Crippen molar-refractivity contribution < 1.29 is 22.7 Å². The molecule has 0 radical (unpaired) electrons. The van der Waals surface area contributed by atoms with Crippen LogP contribution in [0.3, 0.4) is 0 Å². The second-order valence-electron chi connectivity index (χ2n) is 9.69. The van der Waals surface area contributed by atoms with Gasteiger partial charge >= 0.3 is 6.18 Å². The number of nitrogens with one attached hydrogen (secondary N) is 1. The molecule has 3 atom stereocenters. The highest BCUT2D eigenvalue weighted by atomic mass is 19.4. The predicted molar refractivity (Wildman–Crippen MR) is 129 cm³/mol. The Bertz CT molecular complexity index is 1070. The van der Waals surface area contributed by atoms with Gasteiger partial charge in [0.2, 0.25) is 5.91 Å². The number of anilines is 4. The van der Waals surface area contributed by atoms with E-state index in [1.165, 1.54) is 0 Å². The Morgan fingerprint density at radius 1 is 1.20 bits per heavy atom. The normalized spacial score (nSPS) is 24.7. The Hall–Kier alpha value is -2.81. The van der Waals surface area contributed by atoms with Crippen LogP contribution in [0.15, 0.2) is 36.5 Å². The largest absolute Gasteiger partial charge is 0.392 e. The summed E-state index contributed by atoms with van der Waals surface area (Å²) in [5, 5.41) is 3.34. The second kappa shape index (κ2) is 9.68. The van der Waals surface area contributed by atoms with E-state index in [4.69, 9.17) is 4.74 Å². The number of hydrogen-bond donors (Lipinski definition) is 1. The summed E-state index contributed by atoms with van der Waals surface area (Å²) in [5.74, 6) is -2.11. The van der Waals surface area contributed by atoms with Gasteiger partial charge in [-0.25, -0.2) is 4.98 Å². The highest BCUT2D eigenvalue weighted by Gasteiger charge is 2.49. The first-order valence-electron chi connectivity index (χ1n) is 12.4. The molecule has 3 heterocycles. The van der Waals surface area contributed by atoms with Crippen LogP contribution in [0, 0.1) is 17.8 Å². The third-order valence-corrected chi connectivity index (χ3v) is 7.67. The summed E-state index contributed by atoms with van der Waals surface area (Å²) < 4.78 is 47.0. The molecular formula is C26H31F3N4O2. The van der Waals surface area contributed by atoms with Gasteiger partial charge in [0.15, 0.2) is 0 Å². The number of hydrogen-bond acceptors (Lipinski definition) is 5. The Labute approximate surface area is 203 Å². The van der Waals surface area contributed by atoms with Gasteiger partial charge in [-0.1, -0.05) is 19.4 Å². The van der Waals surface area contributed by atoms with Crippen molar-refractivity contribution in [2.45, 2.75) is 45.3 Å². The number of carbonyl (C=O) groups excluding carboxylic acids is 1. The SMILES string of the molecule is CC[C@@H]1CC[C@@H](C(=O)N2Cc3cccnc3Nc3ccc(N4CCOCC4)cc32)C[C@@H]1C(F)(F)F. The minimum absolute atomic E-state index is 0.150. The number of halogens is 3. The maximum absolute atomic E-state index is 13.9. The molecule has 6 nitrogen and oxygen atoms in total. The molecule has 188 valence electrons. The minimum Gasteiger partial charge on any atom is -0.378 e. The lowest BCUT2D eigenvalue weighted by atomic mass is 9.72. The van der Waals surface area contributed by atoms with E-state index in [1.807, 2.05) is 30.3 Å². The van der Waals surface area contributed by atoms with Crippen LogP contribution >= 0.6 is 0 Å². The second-order valence-corrected chi connectivity index (χ2v) is 9.69. The smallest absolute Gasteiger partial charge is 0.378 e. The third kappa shape index (κ3) is 4.83. The van der Waals surface area contributed by atoms with E-state index in [0.29, 0.717) is 44.0 Å². The van der Waals surface area contributed by atoms with E-state index in [0.717, 1.165) is 30.0 Å². The van der Waals surface area contributed by atoms with Crippen molar-refractivity contribution in [2.75, 3.05) is 41.4 Å². The van der Waals surface area contributed by atoms with Crippen molar-refractivity contribution in [3.8, 4) is 0 Å². The number of carbonyl (C=O) groups is 1. The van der Waals surface area contributed by atoms with Crippen LogP contribution in [0.5, 0.6) is 0 Å². The van der Waals surface area contributed by atoms with Gasteiger partial charge in [-0.15, -0.1) is 0 Å². The lowest BCUT2D eigenvalue weighted by Gasteiger charge is -2.38. The fourth-order valence-corrected chi connectivity index (χ4v) is 5.69. The molecule has 35 heavy (non-hydrogen) atoms. The summed E-state index contributed by atoms with van der Waals surface area (Å²) in [7, 11) is 0. The predicted octanol–water partition coefficient (Wildman–Crippen LogP) is 5.51. The van der Waals surface area contributed by atoms with Gasteiger partial charge in [0, 0.05) is 36.5 Å². The van der Waals surface area contributed by atoms with Crippen LogP contribution in [-0.2, 0) is 16.1 Å². The van der Waals surface area contributed by atoms with Gasteiger partial charge in [-0.05, 0) is 49.4 Å². The molecule has 1 N–H and O–H groups in total. The highest BCUT2D eigenvalue weighted by Crippen LogP contribution is 2.46. The first kappa shape index (κ1) is 23.9. The van der Waals surface area contributed by atoms with Crippen molar-refractivity contribution in [2.24, 2.45) is 17.8 Å². The highest BCUT2D eigenvalue weighted by molar-refractivity contribution is 6.00. The summed E-state index contributed by atoms with van der Waals surface area (Å²) in [6.07, 6.45) is -1.39. The molecule has 1 amide bonds. The molecule has 0 unspecified atom stereocenters. The van der Waals surface area contributed by atoms with E-state index in [1.54, 1.807) is 18.0 Å². The molecule has 3 aliphatic rings. The lowest BCUT2D eigenvalue weighted by molar-refractivity contribution is -0.200. The summed E-state index contributed by atoms with van der Waals surface area (Å²) in [6.45, 7) is 4.82. The standard InChI is InChI=1S/C26H31F3N4O2/c1-2-17-5-6-18(14-21(17)26(27,28)29)25(34)33-16-19-4-3-9-30-24(19)31-22-8-7-20(15-23(22)33)32-10-12-35-13-11-32/h3-4,7-9,15,17-18,21H,2,5-6,10-14,16H2,1H3,(H,30,31)/t17-,18-,21+/m1/s1. The van der Waals surface area contributed by atoms with Gasteiger partial charge < -0.3 is 19.9 Å². The first-order valence-corrected chi connectivity index (χ1v) is 12.4. The van der Waals surface area contributed by atoms with Gasteiger partial charge in [-0.3, -0.25) is 4.79 Å². The number of rotatable bonds is 3. The molecule has 1 aliphatic carbocycles. The number of alkyl halides is 3. The van der Waals surface area contributed by atoms with Crippen molar-refractivity contribution in [1.82, 2.24) is 4.98 Å². The summed E-state index contributed by atoms with van der Waals surface area (Å²) >= 11 is 0. The molecule has 5 rings (SSSR count). The molecule has 0 spiro atoms. The van der Waals surface area contributed by atoms with E-state index < -0.39 is 23.9 Å². The molecular weight excluding hydrogens is 457 g/mol. The van der Waals surface area contributed by atoms with Gasteiger partial charge in [0.1, 0.15) is 5.82 Å². The van der Waals surface area contributed by atoms with Crippen molar-refractivity contribution in [3.05, 3.63) is 42.1 Å². The van der Waals surface area contributed by atoms with Gasteiger partial charge in [0.25, 0.3) is 0 Å². The van der Waals surface area contributed by atoms with Crippen molar-refractivity contribution >= 4 is 28.8 Å². The molecule has 9 heteroatoms. The topological polar surface area (TPSA) is 57.7 Å². The maximum atomic E-state index is 13.9. The number of pyridine rings is 1. The quantitative estimate of drug-likeness (QED) is 0.617. The van der Waals surface area contributed by atoms with Crippen LogP contribution in [-0.4, -0.2) is 43.4 Å². The molecule has 1 aromatic carbocycles. The average molecular weight is 489 g/mol. The zero-order valence-corrected chi connectivity index (χ0v) is 19.9. The van der Waals surface area contributed by atoms with Crippen LogP contribution in [0.25, 0.3) is 0 Å². The Kier molecular flexibility index (Phi) is 6.61. The van der Waals surface area contributed by atoms with Crippen LogP contribution in [0.1, 0.15) is 38.2 Å². The molecule has 2 aromatic rings. The summed E-state index contributed by atoms with van der Waals surface area (Å²) in [5.41, 5.74) is 3.20. The summed E-state index contributed by atoms with van der Waals surface area (Å²) in [4.78, 5) is 22.2. The van der Waals surface area contributed by atoms with Crippen molar-refractivity contribution in [1.29, 1.82) is 0 Å². The zero-order chi connectivity index (χ0) is 24.6. The molecule has 0 bridgehead atoms. The van der Waals surface area contributed by atoms with E-state index in [9.17, 15) is 18.0 Å². The fraction of sp³-hybridized carbons (Fsp3) is 0.538. The number of fused-ring (bicyclic) bond motifs is 2. The molecule has 1 saturated heterocycles. The monoisotopic (exact) mass is 488 g/mol. The van der Waals surface area contributed by atoms with Gasteiger partial charge in [-0.2, -0.15) is 13.2 Å². The Morgan fingerprint density at radius 3 is 2.74 bits per heavy atom. The third-order valence-electron chi connectivity index (χ3n) is 7.67. The fourth-order valence-electron chi connectivity index (χ4n) is 5.69. The average Bonchev–Trinajstić information content (AvgIpc) is 3.04. The number of ether oxygens (including phenoxy) is 1. The lowest BCUT2D eigenvalue weighted by Crippen LogP contribution is -2.43. The number of amides is 1. The zero-order valence-electron chi connectivity index (χ0n) is 19.9. The molecule has 1 saturated carbocycles. The van der Waals surface area contributed by atoms with E-state index in [2.05, 4.69) is 15.2 Å². The van der Waals surface area contributed by atoms with Crippen molar-refractivity contribution in [3.63, 3.8) is 0 Å². The summed E-state index contributed by atoms with van der Waals surface area (Å²) in [6, 6.07) is 9.61. The number of aromatic nitrogens is 1. The van der Waals surface area contributed by atoms with Gasteiger partial charge in [0.05, 0.1) is 37.1 Å². The number of nitrogens with zero attached hydrogens (tertiary/aromatic N) is 3. The Balaban J connectivity index is 1.50. The number of morpholine rings is 1. The van der Waals surface area contributed by atoms with Crippen LogP contribution in [0.2, 0.25) is 0 Å². The maximum Gasteiger partial charge on any atom is 0.392 e.